The number of carbonyl (C=O) groups excluding carboxylic acids is 3. The maximum atomic E-state index is 13.5. The summed E-state index contributed by atoms with van der Waals surface area (Å²) in [5.41, 5.74) is 0.0356. The van der Waals surface area contributed by atoms with E-state index in [0.29, 0.717) is 29.7 Å². The molecule has 0 saturated heterocycles. The number of esters is 1. The predicted molar refractivity (Wildman–Crippen MR) is 112 cm³/mol. The highest BCUT2D eigenvalue weighted by atomic mass is 19.2. The molecule has 0 aliphatic heterocycles. The molecule has 0 spiro atoms. The molecular formula is C22H21F3N2O6. The van der Waals surface area contributed by atoms with Crippen LogP contribution in [-0.2, 0) is 19.1 Å². The van der Waals surface area contributed by atoms with E-state index in [-0.39, 0.29) is 0 Å². The van der Waals surface area contributed by atoms with Gasteiger partial charge in [-0.05, 0) is 42.8 Å². The lowest BCUT2D eigenvalue weighted by Gasteiger charge is -2.09. The first-order valence-corrected chi connectivity index (χ1v) is 9.60. The molecule has 0 aromatic heterocycles. The standard InChI is InChI=1S/C22H21F3N2O6/c1-3-32-16-8-4-13(10-17(16)31-2)5-9-20(30)33-12-19(29)26-11-18(28)27-15-7-6-14(23)21(24)22(15)25/h4-10H,3,11-12H2,1-2H3,(H,26,29)(H,27,28)/b9-5+. The molecule has 2 N–H and O–H groups in total. The number of ether oxygens (including phenoxy) is 3. The average molecular weight is 466 g/mol. The van der Waals surface area contributed by atoms with Crippen LogP contribution in [0.15, 0.2) is 36.4 Å². The van der Waals surface area contributed by atoms with Gasteiger partial charge in [-0.25, -0.2) is 18.0 Å². The molecular weight excluding hydrogens is 445 g/mol. The van der Waals surface area contributed by atoms with Crippen molar-refractivity contribution in [3.63, 3.8) is 0 Å². The highest BCUT2D eigenvalue weighted by Gasteiger charge is 2.15. The smallest absolute Gasteiger partial charge is 0.331 e. The van der Waals surface area contributed by atoms with Crippen LogP contribution in [0.25, 0.3) is 6.08 Å². The Bertz CT molecular complexity index is 1060. The van der Waals surface area contributed by atoms with Crippen LogP contribution >= 0.6 is 0 Å². The average Bonchev–Trinajstić information content (AvgIpc) is 2.81. The van der Waals surface area contributed by atoms with E-state index in [2.05, 4.69) is 5.32 Å². The van der Waals surface area contributed by atoms with Crippen molar-refractivity contribution in [3.8, 4) is 11.5 Å². The molecule has 0 unspecified atom stereocenters. The Labute approximate surface area is 187 Å². The number of rotatable bonds is 10. The second-order valence-electron chi connectivity index (χ2n) is 6.33. The summed E-state index contributed by atoms with van der Waals surface area (Å²) in [7, 11) is 1.48. The maximum absolute atomic E-state index is 13.5. The van der Waals surface area contributed by atoms with Gasteiger partial charge >= 0.3 is 5.97 Å². The molecule has 0 bridgehead atoms. The van der Waals surface area contributed by atoms with Crippen LogP contribution in [0.3, 0.4) is 0 Å². The van der Waals surface area contributed by atoms with E-state index in [4.69, 9.17) is 14.2 Å². The number of amides is 2. The van der Waals surface area contributed by atoms with Crippen molar-refractivity contribution in [3.05, 3.63) is 59.4 Å². The van der Waals surface area contributed by atoms with E-state index >= 15 is 0 Å². The van der Waals surface area contributed by atoms with Gasteiger partial charge in [-0.1, -0.05) is 6.07 Å². The zero-order valence-electron chi connectivity index (χ0n) is 17.7. The third-order valence-corrected chi connectivity index (χ3v) is 4.00. The summed E-state index contributed by atoms with van der Waals surface area (Å²) in [4.78, 5) is 35.2. The summed E-state index contributed by atoms with van der Waals surface area (Å²) >= 11 is 0. The van der Waals surface area contributed by atoms with E-state index in [1.807, 2.05) is 12.2 Å². The van der Waals surface area contributed by atoms with E-state index in [1.54, 1.807) is 18.2 Å². The van der Waals surface area contributed by atoms with Crippen molar-refractivity contribution in [2.24, 2.45) is 0 Å². The van der Waals surface area contributed by atoms with Crippen LogP contribution in [0.4, 0.5) is 18.9 Å². The lowest BCUT2D eigenvalue weighted by Crippen LogP contribution is -2.35. The fraction of sp³-hybridized carbons (Fsp3) is 0.227. The fourth-order valence-electron chi connectivity index (χ4n) is 2.46. The van der Waals surface area contributed by atoms with Gasteiger partial charge in [0.2, 0.25) is 5.91 Å². The topological polar surface area (TPSA) is 103 Å². The number of anilines is 1. The van der Waals surface area contributed by atoms with Gasteiger partial charge in [0.25, 0.3) is 5.91 Å². The van der Waals surface area contributed by atoms with Crippen molar-refractivity contribution >= 4 is 29.5 Å². The minimum Gasteiger partial charge on any atom is -0.493 e. The zero-order chi connectivity index (χ0) is 24.4. The van der Waals surface area contributed by atoms with E-state index in [9.17, 15) is 27.6 Å². The molecule has 2 aromatic carbocycles. The van der Waals surface area contributed by atoms with Gasteiger partial charge in [0.15, 0.2) is 35.6 Å². The SMILES string of the molecule is CCOc1ccc(/C=C/C(=O)OCC(=O)NCC(=O)Nc2ccc(F)c(F)c2F)cc1OC. The molecule has 2 amide bonds. The highest BCUT2D eigenvalue weighted by Crippen LogP contribution is 2.28. The quantitative estimate of drug-likeness (QED) is 0.317. The minimum atomic E-state index is -1.74. The first-order chi connectivity index (χ1) is 15.7. The fourth-order valence-corrected chi connectivity index (χ4v) is 2.46. The first-order valence-electron chi connectivity index (χ1n) is 9.60. The second kappa shape index (κ2) is 12.1. The summed E-state index contributed by atoms with van der Waals surface area (Å²) in [5, 5.41) is 4.12. The zero-order valence-corrected chi connectivity index (χ0v) is 17.7. The number of hydrogen-bond acceptors (Lipinski definition) is 6. The lowest BCUT2D eigenvalue weighted by atomic mass is 10.2. The van der Waals surface area contributed by atoms with Crippen molar-refractivity contribution in [2.75, 3.05) is 32.2 Å². The normalized spacial score (nSPS) is 10.6. The van der Waals surface area contributed by atoms with Crippen molar-refractivity contribution in [1.29, 1.82) is 0 Å². The Balaban J connectivity index is 1.78. The van der Waals surface area contributed by atoms with Gasteiger partial charge in [0.1, 0.15) is 0 Å². The number of halogens is 3. The molecule has 11 heteroatoms. The molecule has 2 rings (SSSR count). The monoisotopic (exact) mass is 466 g/mol. The van der Waals surface area contributed by atoms with Crippen LogP contribution in [-0.4, -0.2) is 44.7 Å². The second-order valence-corrected chi connectivity index (χ2v) is 6.33. The van der Waals surface area contributed by atoms with E-state index in [1.165, 1.54) is 13.2 Å². The predicted octanol–water partition coefficient (Wildman–Crippen LogP) is 2.82. The molecule has 0 radical (unpaired) electrons. The van der Waals surface area contributed by atoms with E-state index < -0.39 is 54.1 Å². The van der Waals surface area contributed by atoms with Crippen molar-refractivity contribution < 1.29 is 41.8 Å². The van der Waals surface area contributed by atoms with Gasteiger partial charge in [-0.2, -0.15) is 0 Å². The summed E-state index contributed by atoms with van der Waals surface area (Å²) < 4.78 is 54.9. The third-order valence-electron chi connectivity index (χ3n) is 4.00. The molecule has 0 atom stereocenters. The van der Waals surface area contributed by atoms with Crippen LogP contribution < -0.4 is 20.1 Å². The van der Waals surface area contributed by atoms with Gasteiger partial charge in [0.05, 0.1) is 25.9 Å². The summed E-state index contributed by atoms with van der Waals surface area (Å²) in [5.74, 6) is -6.20. The Kier molecular flexibility index (Phi) is 9.28. The number of nitrogens with one attached hydrogen (secondary N) is 2. The first kappa shape index (κ1) is 25.2. The molecule has 0 aliphatic rings. The van der Waals surface area contributed by atoms with Crippen LogP contribution in [0.2, 0.25) is 0 Å². The molecule has 0 saturated carbocycles. The summed E-state index contributed by atoms with van der Waals surface area (Å²) in [6.45, 7) is 1.00. The van der Waals surface area contributed by atoms with Gasteiger partial charge in [-0.3, -0.25) is 9.59 Å². The van der Waals surface area contributed by atoms with Crippen molar-refractivity contribution in [1.82, 2.24) is 5.32 Å². The molecule has 176 valence electrons. The number of benzene rings is 2. The summed E-state index contributed by atoms with van der Waals surface area (Å²) in [6.07, 6.45) is 2.54. The minimum absolute atomic E-state index is 0.462. The molecule has 8 nitrogen and oxygen atoms in total. The Morgan fingerprint density at radius 3 is 2.45 bits per heavy atom. The van der Waals surface area contributed by atoms with E-state index in [0.717, 1.165) is 12.1 Å². The number of methoxy groups -OCH3 is 1. The van der Waals surface area contributed by atoms with Crippen molar-refractivity contribution in [2.45, 2.75) is 6.92 Å². The van der Waals surface area contributed by atoms with Gasteiger partial charge < -0.3 is 24.8 Å². The lowest BCUT2D eigenvalue weighted by molar-refractivity contribution is -0.143. The summed E-state index contributed by atoms with van der Waals surface area (Å²) in [6, 6.07) is 6.50. The molecule has 0 heterocycles. The van der Waals surface area contributed by atoms with Gasteiger partial charge in [0, 0.05) is 6.08 Å². The largest absolute Gasteiger partial charge is 0.493 e. The molecule has 2 aromatic rings. The van der Waals surface area contributed by atoms with Crippen LogP contribution in [0.5, 0.6) is 11.5 Å². The van der Waals surface area contributed by atoms with Crippen LogP contribution in [0.1, 0.15) is 12.5 Å². The Hall–Kier alpha value is -4.02. The highest BCUT2D eigenvalue weighted by molar-refractivity contribution is 5.95. The maximum Gasteiger partial charge on any atom is 0.331 e. The number of carbonyl (C=O) groups is 3. The molecule has 0 fully saturated rings. The number of hydrogen-bond donors (Lipinski definition) is 2. The van der Waals surface area contributed by atoms with Crippen LogP contribution in [0, 0.1) is 17.5 Å². The Morgan fingerprint density at radius 2 is 1.76 bits per heavy atom. The van der Waals surface area contributed by atoms with Gasteiger partial charge in [-0.15, -0.1) is 0 Å². The molecule has 33 heavy (non-hydrogen) atoms. The third kappa shape index (κ3) is 7.56. The molecule has 0 aliphatic carbocycles. The Morgan fingerprint density at radius 1 is 1.00 bits per heavy atom.